The molecule has 0 aromatic heterocycles. The number of nitrogens with one attached hydrogen (secondary N) is 2. The lowest BCUT2D eigenvalue weighted by Gasteiger charge is -2.33. The molecule has 1 aliphatic rings. The highest BCUT2D eigenvalue weighted by atomic mass is 32.2. The Labute approximate surface area is 150 Å². The number of nitrogens with zero attached hydrogens (tertiary/aromatic N) is 1. The molecule has 0 saturated carbocycles. The number of amides is 2. The average Bonchev–Trinajstić information content (AvgIpc) is 3.13. The van der Waals surface area contributed by atoms with Crippen LogP contribution in [0.1, 0.15) is 39.5 Å². The lowest BCUT2D eigenvalue weighted by atomic mass is 9.93. The molecule has 1 aliphatic heterocycles. The van der Waals surface area contributed by atoms with Gasteiger partial charge in [0.15, 0.2) is 0 Å². The molecule has 1 heterocycles. The van der Waals surface area contributed by atoms with E-state index in [-0.39, 0.29) is 6.03 Å². The molecular formula is C19H31N3OS. The van der Waals surface area contributed by atoms with Gasteiger partial charge in [-0.2, -0.15) is 0 Å². The van der Waals surface area contributed by atoms with Gasteiger partial charge in [-0.1, -0.05) is 38.8 Å². The fraction of sp³-hybridized carbons (Fsp3) is 0.632. The summed E-state index contributed by atoms with van der Waals surface area (Å²) in [5.41, 5.74) is 0.878. The topological polar surface area (TPSA) is 44.4 Å². The smallest absolute Gasteiger partial charge is 0.319 e. The van der Waals surface area contributed by atoms with Crippen molar-refractivity contribution < 1.29 is 4.79 Å². The lowest BCUT2D eigenvalue weighted by Crippen LogP contribution is -2.47. The fourth-order valence-corrected chi connectivity index (χ4v) is 4.17. The quantitative estimate of drug-likeness (QED) is 0.682. The van der Waals surface area contributed by atoms with Gasteiger partial charge in [0.05, 0.1) is 5.69 Å². The second-order valence-corrected chi connectivity index (χ2v) is 7.27. The van der Waals surface area contributed by atoms with E-state index in [1.807, 2.05) is 30.5 Å². The molecule has 2 rings (SSSR count). The van der Waals surface area contributed by atoms with E-state index in [0.717, 1.165) is 30.0 Å². The molecule has 1 aromatic carbocycles. The van der Waals surface area contributed by atoms with Crippen LogP contribution in [0.25, 0.3) is 0 Å². The second-order valence-electron chi connectivity index (χ2n) is 6.42. The van der Waals surface area contributed by atoms with Crippen LogP contribution < -0.4 is 10.6 Å². The summed E-state index contributed by atoms with van der Waals surface area (Å²) in [4.78, 5) is 16.0. The fourth-order valence-electron chi connectivity index (χ4n) is 3.61. The first kappa shape index (κ1) is 19.1. The van der Waals surface area contributed by atoms with Crippen LogP contribution in [0.2, 0.25) is 0 Å². The molecule has 0 aliphatic carbocycles. The van der Waals surface area contributed by atoms with Gasteiger partial charge in [0, 0.05) is 17.5 Å². The Morgan fingerprint density at radius 3 is 2.50 bits per heavy atom. The van der Waals surface area contributed by atoms with Crippen LogP contribution in [-0.4, -0.2) is 42.9 Å². The van der Waals surface area contributed by atoms with Gasteiger partial charge >= 0.3 is 6.03 Å². The minimum Gasteiger partial charge on any atom is -0.336 e. The number of likely N-dealkylation sites (tertiary alicyclic amines) is 1. The molecule has 5 heteroatoms. The predicted octanol–water partition coefficient (Wildman–Crippen LogP) is 4.43. The summed E-state index contributed by atoms with van der Waals surface area (Å²) in [6.07, 6.45) is 6.91. The van der Waals surface area contributed by atoms with E-state index < -0.39 is 0 Å². The zero-order chi connectivity index (χ0) is 17.4. The first-order valence-corrected chi connectivity index (χ1v) is 10.3. The number of thioether (sulfide) groups is 1. The molecule has 24 heavy (non-hydrogen) atoms. The maximum absolute atomic E-state index is 12.3. The van der Waals surface area contributed by atoms with Crippen molar-refractivity contribution in [1.82, 2.24) is 10.2 Å². The molecule has 0 spiro atoms. The van der Waals surface area contributed by atoms with E-state index in [9.17, 15) is 4.79 Å². The van der Waals surface area contributed by atoms with Crippen molar-refractivity contribution in [2.75, 3.05) is 31.2 Å². The average molecular weight is 350 g/mol. The number of carbonyl (C=O) groups excluding carboxylic acids is 1. The predicted molar refractivity (Wildman–Crippen MR) is 104 cm³/mol. The molecule has 0 radical (unpaired) electrons. The molecule has 1 aromatic rings. The number of benzene rings is 1. The Bertz CT molecular complexity index is 511. The monoisotopic (exact) mass is 349 g/mol. The third kappa shape index (κ3) is 5.15. The van der Waals surface area contributed by atoms with Crippen LogP contribution in [-0.2, 0) is 0 Å². The van der Waals surface area contributed by atoms with Gasteiger partial charge in [-0.05, 0) is 50.2 Å². The van der Waals surface area contributed by atoms with Gasteiger partial charge in [-0.3, -0.25) is 4.90 Å². The zero-order valence-corrected chi connectivity index (χ0v) is 16.0. The van der Waals surface area contributed by atoms with Crippen LogP contribution >= 0.6 is 11.8 Å². The van der Waals surface area contributed by atoms with Gasteiger partial charge < -0.3 is 10.6 Å². The summed E-state index contributed by atoms with van der Waals surface area (Å²) in [6, 6.07) is 8.26. The Morgan fingerprint density at radius 1 is 1.21 bits per heavy atom. The first-order chi connectivity index (χ1) is 11.7. The van der Waals surface area contributed by atoms with Crippen LogP contribution in [0.3, 0.4) is 0 Å². The molecule has 2 amide bonds. The van der Waals surface area contributed by atoms with Crippen molar-refractivity contribution in [3.8, 4) is 0 Å². The first-order valence-electron chi connectivity index (χ1n) is 9.11. The molecule has 2 N–H and O–H groups in total. The third-order valence-electron chi connectivity index (χ3n) is 5.03. The Balaban J connectivity index is 1.93. The number of anilines is 1. The molecule has 4 nitrogen and oxygen atoms in total. The standard InChI is InChI=1S/C19H31N3OS/c1-4-15(5-2)17(22-12-8-9-13-22)14-20-19(23)21-16-10-6-7-11-18(16)24-3/h6-7,10-11,15,17H,4-5,8-9,12-14H2,1-3H3,(H2,20,21,23)/t17-/m1/s1. The Kier molecular flexibility index (Phi) is 7.92. The van der Waals surface area contributed by atoms with Gasteiger partial charge in [-0.25, -0.2) is 4.79 Å². The van der Waals surface area contributed by atoms with E-state index in [1.165, 1.54) is 25.9 Å². The van der Waals surface area contributed by atoms with Crippen LogP contribution in [0.5, 0.6) is 0 Å². The summed E-state index contributed by atoms with van der Waals surface area (Å²) in [5.74, 6) is 0.641. The summed E-state index contributed by atoms with van der Waals surface area (Å²) >= 11 is 1.64. The van der Waals surface area contributed by atoms with Crippen molar-refractivity contribution in [2.24, 2.45) is 5.92 Å². The minimum absolute atomic E-state index is 0.105. The van der Waals surface area contributed by atoms with E-state index in [0.29, 0.717) is 12.0 Å². The van der Waals surface area contributed by atoms with E-state index >= 15 is 0 Å². The molecular weight excluding hydrogens is 318 g/mol. The number of para-hydroxylation sites is 1. The molecule has 134 valence electrons. The zero-order valence-electron chi connectivity index (χ0n) is 15.2. The third-order valence-corrected chi connectivity index (χ3v) is 5.83. The molecule has 1 atom stereocenters. The molecule has 1 fully saturated rings. The van der Waals surface area contributed by atoms with Crippen molar-refractivity contribution >= 4 is 23.5 Å². The van der Waals surface area contributed by atoms with Gasteiger partial charge in [0.2, 0.25) is 0 Å². The van der Waals surface area contributed by atoms with Crippen molar-refractivity contribution in [2.45, 2.75) is 50.5 Å². The molecule has 1 saturated heterocycles. The summed E-state index contributed by atoms with van der Waals surface area (Å²) in [7, 11) is 0. The van der Waals surface area contributed by atoms with Gasteiger partial charge in [-0.15, -0.1) is 11.8 Å². The largest absolute Gasteiger partial charge is 0.336 e. The van der Waals surface area contributed by atoms with E-state index in [1.54, 1.807) is 11.8 Å². The van der Waals surface area contributed by atoms with Gasteiger partial charge in [0.1, 0.15) is 0 Å². The second kappa shape index (κ2) is 9.94. The Morgan fingerprint density at radius 2 is 1.88 bits per heavy atom. The van der Waals surface area contributed by atoms with E-state index in [2.05, 4.69) is 29.4 Å². The van der Waals surface area contributed by atoms with Crippen LogP contribution in [0, 0.1) is 5.92 Å². The number of hydrogen-bond donors (Lipinski definition) is 2. The maximum atomic E-state index is 12.3. The highest BCUT2D eigenvalue weighted by Crippen LogP contribution is 2.25. The summed E-state index contributed by atoms with van der Waals surface area (Å²) in [6.45, 7) is 7.57. The maximum Gasteiger partial charge on any atom is 0.319 e. The summed E-state index contributed by atoms with van der Waals surface area (Å²) in [5, 5.41) is 6.10. The number of hydrogen-bond acceptors (Lipinski definition) is 3. The SMILES string of the molecule is CCC(CC)[C@@H](CNC(=O)Nc1ccccc1SC)N1CCCC1. The summed E-state index contributed by atoms with van der Waals surface area (Å²) < 4.78 is 0. The molecule has 0 bridgehead atoms. The van der Waals surface area contributed by atoms with Gasteiger partial charge in [0.25, 0.3) is 0 Å². The highest BCUT2D eigenvalue weighted by molar-refractivity contribution is 7.98. The number of carbonyl (C=O) groups is 1. The minimum atomic E-state index is -0.105. The van der Waals surface area contributed by atoms with Crippen molar-refractivity contribution in [3.05, 3.63) is 24.3 Å². The number of rotatable bonds is 8. The van der Waals surface area contributed by atoms with Crippen molar-refractivity contribution in [1.29, 1.82) is 0 Å². The van der Waals surface area contributed by atoms with E-state index in [4.69, 9.17) is 0 Å². The molecule has 0 unspecified atom stereocenters. The lowest BCUT2D eigenvalue weighted by molar-refractivity contribution is 0.163. The van der Waals surface area contributed by atoms with Crippen LogP contribution in [0.15, 0.2) is 29.2 Å². The van der Waals surface area contributed by atoms with Crippen LogP contribution in [0.4, 0.5) is 10.5 Å². The normalized spacial score (nSPS) is 16.3. The van der Waals surface area contributed by atoms with Crippen molar-refractivity contribution in [3.63, 3.8) is 0 Å². The highest BCUT2D eigenvalue weighted by Gasteiger charge is 2.27. The Hall–Kier alpha value is -1.20. The number of urea groups is 1.